The van der Waals surface area contributed by atoms with Crippen molar-refractivity contribution in [3.05, 3.63) is 46.5 Å². The standard InChI is InChI=1S/C13H15N3S/c14-12-16-10-8-13(15,7-6-11(10)17-12)9-4-2-1-3-5-9/h1-5H,6-8,15H2,(H2,14,16)/t13-/m0/s1. The number of aromatic nitrogens is 1. The molecule has 0 spiro atoms. The molecular weight excluding hydrogens is 230 g/mol. The molecule has 0 radical (unpaired) electrons. The third-order valence-electron chi connectivity index (χ3n) is 3.42. The van der Waals surface area contributed by atoms with Gasteiger partial charge in [-0.3, -0.25) is 0 Å². The Hall–Kier alpha value is -1.39. The topological polar surface area (TPSA) is 64.9 Å². The molecule has 4 N–H and O–H groups in total. The summed E-state index contributed by atoms with van der Waals surface area (Å²) in [5, 5.41) is 0.660. The quantitative estimate of drug-likeness (QED) is 0.808. The first-order valence-corrected chi connectivity index (χ1v) is 6.57. The fourth-order valence-electron chi connectivity index (χ4n) is 2.48. The van der Waals surface area contributed by atoms with Crippen molar-refractivity contribution in [1.29, 1.82) is 0 Å². The van der Waals surface area contributed by atoms with Gasteiger partial charge in [-0.25, -0.2) is 4.98 Å². The van der Waals surface area contributed by atoms with E-state index in [1.807, 2.05) is 18.2 Å². The number of benzene rings is 1. The van der Waals surface area contributed by atoms with Gasteiger partial charge in [0, 0.05) is 16.8 Å². The molecule has 1 aromatic carbocycles. The molecule has 3 rings (SSSR count). The van der Waals surface area contributed by atoms with Gasteiger partial charge in [0.05, 0.1) is 5.69 Å². The Morgan fingerprint density at radius 1 is 1.24 bits per heavy atom. The number of rotatable bonds is 1. The van der Waals surface area contributed by atoms with E-state index in [-0.39, 0.29) is 5.54 Å². The Morgan fingerprint density at radius 3 is 2.76 bits per heavy atom. The Bertz CT molecular complexity index is 535. The summed E-state index contributed by atoms with van der Waals surface area (Å²) < 4.78 is 0. The first-order chi connectivity index (χ1) is 8.17. The number of nitrogen functional groups attached to an aromatic ring is 1. The third-order valence-corrected chi connectivity index (χ3v) is 4.41. The van der Waals surface area contributed by atoms with E-state index >= 15 is 0 Å². The molecule has 4 heteroatoms. The lowest BCUT2D eigenvalue weighted by atomic mass is 9.78. The highest BCUT2D eigenvalue weighted by Crippen LogP contribution is 2.37. The highest BCUT2D eigenvalue weighted by atomic mass is 32.1. The molecule has 0 aliphatic heterocycles. The van der Waals surface area contributed by atoms with Crippen LogP contribution in [0.1, 0.15) is 22.6 Å². The maximum Gasteiger partial charge on any atom is 0.180 e. The van der Waals surface area contributed by atoms with Gasteiger partial charge in [0.1, 0.15) is 0 Å². The zero-order valence-corrected chi connectivity index (χ0v) is 10.3. The molecule has 1 aliphatic rings. The molecule has 0 saturated carbocycles. The molecule has 0 fully saturated rings. The summed E-state index contributed by atoms with van der Waals surface area (Å²) in [6, 6.07) is 10.3. The number of nitrogens with zero attached hydrogens (tertiary/aromatic N) is 1. The lowest BCUT2D eigenvalue weighted by Crippen LogP contribution is -2.42. The Kier molecular flexibility index (Phi) is 2.42. The van der Waals surface area contributed by atoms with Gasteiger partial charge in [-0.1, -0.05) is 30.3 Å². The summed E-state index contributed by atoms with van der Waals surface area (Å²) in [6.07, 6.45) is 2.74. The van der Waals surface area contributed by atoms with Crippen LogP contribution in [-0.4, -0.2) is 4.98 Å². The highest BCUT2D eigenvalue weighted by molar-refractivity contribution is 7.15. The van der Waals surface area contributed by atoms with E-state index < -0.39 is 0 Å². The van der Waals surface area contributed by atoms with Gasteiger partial charge in [-0.15, -0.1) is 11.3 Å². The van der Waals surface area contributed by atoms with Crippen molar-refractivity contribution in [2.75, 3.05) is 5.73 Å². The molecule has 0 bridgehead atoms. The van der Waals surface area contributed by atoms with E-state index in [4.69, 9.17) is 11.5 Å². The van der Waals surface area contributed by atoms with E-state index in [2.05, 4.69) is 17.1 Å². The molecule has 1 aromatic heterocycles. The van der Waals surface area contributed by atoms with Crippen LogP contribution in [0.2, 0.25) is 0 Å². The van der Waals surface area contributed by atoms with Crippen LogP contribution in [0.15, 0.2) is 30.3 Å². The number of aryl methyl sites for hydroxylation is 1. The van der Waals surface area contributed by atoms with Crippen LogP contribution in [0, 0.1) is 0 Å². The molecule has 1 atom stereocenters. The van der Waals surface area contributed by atoms with E-state index in [0.29, 0.717) is 5.13 Å². The maximum atomic E-state index is 6.53. The number of hydrogen-bond donors (Lipinski definition) is 2. The average Bonchev–Trinajstić information content (AvgIpc) is 2.69. The van der Waals surface area contributed by atoms with E-state index in [1.165, 1.54) is 10.4 Å². The SMILES string of the molecule is Nc1nc2c(s1)CC[C@@](N)(c1ccccc1)C2. The van der Waals surface area contributed by atoms with E-state index in [9.17, 15) is 0 Å². The molecule has 2 aromatic rings. The van der Waals surface area contributed by atoms with Crippen LogP contribution in [0.3, 0.4) is 0 Å². The molecule has 0 unspecified atom stereocenters. The molecule has 1 aliphatic carbocycles. The van der Waals surface area contributed by atoms with Gasteiger partial charge in [0.2, 0.25) is 0 Å². The van der Waals surface area contributed by atoms with E-state index in [0.717, 1.165) is 25.0 Å². The van der Waals surface area contributed by atoms with Crippen molar-refractivity contribution in [2.24, 2.45) is 5.73 Å². The smallest absolute Gasteiger partial charge is 0.180 e. The summed E-state index contributed by atoms with van der Waals surface area (Å²) in [5.41, 5.74) is 14.3. The number of fused-ring (bicyclic) bond motifs is 1. The fraction of sp³-hybridized carbons (Fsp3) is 0.308. The van der Waals surface area contributed by atoms with Crippen molar-refractivity contribution in [3.63, 3.8) is 0 Å². The molecular formula is C13H15N3S. The first kappa shape index (κ1) is 10.7. The van der Waals surface area contributed by atoms with E-state index in [1.54, 1.807) is 11.3 Å². The second-order valence-electron chi connectivity index (χ2n) is 4.62. The summed E-state index contributed by atoms with van der Waals surface area (Å²) in [7, 11) is 0. The predicted molar refractivity (Wildman–Crippen MR) is 70.9 cm³/mol. The number of hydrogen-bond acceptors (Lipinski definition) is 4. The average molecular weight is 245 g/mol. The van der Waals surface area contributed by atoms with Gasteiger partial charge < -0.3 is 11.5 Å². The largest absolute Gasteiger partial charge is 0.375 e. The van der Waals surface area contributed by atoms with Crippen LogP contribution in [0.25, 0.3) is 0 Å². The van der Waals surface area contributed by atoms with Gasteiger partial charge in [-0.2, -0.15) is 0 Å². The summed E-state index contributed by atoms with van der Waals surface area (Å²) in [6.45, 7) is 0. The molecule has 0 saturated heterocycles. The monoisotopic (exact) mass is 245 g/mol. The second-order valence-corrected chi connectivity index (χ2v) is 5.74. The van der Waals surface area contributed by atoms with Gasteiger partial charge >= 0.3 is 0 Å². The number of nitrogens with two attached hydrogens (primary N) is 2. The van der Waals surface area contributed by atoms with Crippen molar-refractivity contribution >= 4 is 16.5 Å². The summed E-state index contributed by atoms with van der Waals surface area (Å²) in [4.78, 5) is 5.69. The molecule has 17 heavy (non-hydrogen) atoms. The van der Waals surface area contributed by atoms with Crippen LogP contribution in [0.5, 0.6) is 0 Å². The minimum Gasteiger partial charge on any atom is -0.375 e. The zero-order chi connectivity index (χ0) is 11.9. The molecule has 1 heterocycles. The molecule has 0 amide bonds. The lowest BCUT2D eigenvalue weighted by Gasteiger charge is -2.33. The van der Waals surface area contributed by atoms with Crippen molar-refractivity contribution in [2.45, 2.75) is 24.8 Å². The number of anilines is 1. The minimum absolute atomic E-state index is 0.283. The van der Waals surface area contributed by atoms with Crippen LogP contribution in [0.4, 0.5) is 5.13 Å². The van der Waals surface area contributed by atoms with Crippen molar-refractivity contribution in [1.82, 2.24) is 4.98 Å². The van der Waals surface area contributed by atoms with Gasteiger partial charge in [0.15, 0.2) is 5.13 Å². The highest BCUT2D eigenvalue weighted by Gasteiger charge is 2.33. The van der Waals surface area contributed by atoms with Crippen LogP contribution < -0.4 is 11.5 Å². The molecule has 3 nitrogen and oxygen atoms in total. The Balaban J connectivity index is 1.97. The lowest BCUT2D eigenvalue weighted by molar-refractivity contribution is 0.383. The normalized spacial score (nSPS) is 23.4. The molecule has 88 valence electrons. The first-order valence-electron chi connectivity index (χ1n) is 5.76. The zero-order valence-electron chi connectivity index (χ0n) is 9.52. The number of thiazole rings is 1. The Morgan fingerprint density at radius 2 is 2.00 bits per heavy atom. The second kappa shape index (κ2) is 3.82. The Labute approximate surface area is 104 Å². The summed E-state index contributed by atoms with van der Waals surface area (Å²) in [5.74, 6) is 0. The summed E-state index contributed by atoms with van der Waals surface area (Å²) >= 11 is 1.60. The minimum atomic E-state index is -0.283. The maximum absolute atomic E-state index is 6.53. The van der Waals surface area contributed by atoms with Crippen molar-refractivity contribution in [3.8, 4) is 0 Å². The van der Waals surface area contributed by atoms with Crippen LogP contribution >= 0.6 is 11.3 Å². The predicted octanol–water partition coefficient (Wildman–Crippen LogP) is 2.07. The van der Waals surface area contributed by atoms with Gasteiger partial charge in [0.25, 0.3) is 0 Å². The van der Waals surface area contributed by atoms with Crippen molar-refractivity contribution < 1.29 is 0 Å². The van der Waals surface area contributed by atoms with Gasteiger partial charge in [-0.05, 0) is 18.4 Å². The fourth-order valence-corrected chi connectivity index (χ4v) is 3.33. The van der Waals surface area contributed by atoms with Crippen LogP contribution in [-0.2, 0) is 18.4 Å². The third kappa shape index (κ3) is 1.83.